The zero-order chi connectivity index (χ0) is 28.3. The molecule has 1 aliphatic rings. The molecular formula is C25H28F6O6S. The number of sulfone groups is 1. The average molecular weight is 571 g/mol. The normalized spacial score (nSPS) is 22.7. The average Bonchev–Trinajstić information content (AvgIpc) is 2.82. The van der Waals surface area contributed by atoms with Crippen molar-refractivity contribution in [2.45, 2.75) is 50.1 Å². The number of rotatable bonds is 9. The van der Waals surface area contributed by atoms with E-state index in [1.165, 1.54) is 6.92 Å². The van der Waals surface area contributed by atoms with Crippen LogP contribution in [-0.4, -0.2) is 55.7 Å². The molecule has 38 heavy (non-hydrogen) atoms. The SMILES string of the molecule is C[C@@H](OC1OCCC(C(O)CS(=O)(=O)CCO)C1c1ccccc1)c1cc(C(F)(F)F)cc(C(F)(F)F)c1. The van der Waals surface area contributed by atoms with Gasteiger partial charge in [-0.15, -0.1) is 0 Å². The zero-order valence-corrected chi connectivity index (χ0v) is 21.1. The van der Waals surface area contributed by atoms with Crippen molar-refractivity contribution in [1.82, 2.24) is 0 Å². The second-order valence-electron chi connectivity index (χ2n) is 9.15. The van der Waals surface area contributed by atoms with E-state index in [-0.39, 0.29) is 24.7 Å². The maximum atomic E-state index is 13.3. The fourth-order valence-electron chi connectivity index (χ4n) is 4.54. The first-order valence-electron chi connectivity index (χ1n) is 11.7. The summed E-state index contributed by atoms with van der Waals surface area (Å²) in [6.45, 7) is 0.663. The first-order valence-corrected chi connectivity index (χ1v) is 13.6. The van der Waals surface area contributed by atoms with E-state index < -0.39 is 81.8 Å². The lowest BCUT2D eigenvalue weighted by Gasteiger charge is -2.41. The van der Waals surface area contributed by atoms with Crippen molar-refractivity contribution in [2.24, 2.45) is 5.92 Å². The van der Waals surface area contributed by atoms with Crippen LogP contribution in [0.5, 0.6) is 0 Å². The van der Waals surface area contributed by atoms with Gasteiger partial charge in [-0.1, -0.05) is 30.3 Å². The molecule has 1 saturated heterocycles. The summed E-state index contributed by atoms with van der Waals surface area (Å²) in [6.07, 6.45) is -13.7. The fourth-order valence-corrected chi connectivity index (χ4v) is 5.75. The number of aliphatic hydroxyl groups excluding tert-OH is 2. The molecule has 212 valence electrons. The minimum absolute atomic E-state index is 0.00110. The maximum absolute atomic E-state index is 13.3. The second-order valence-corrected chi connectivity index (χ2v) is 11.4. The van der Waals surface area contributed by atoms with Crippen LogP contribution < -0.4 is 0 Å². The number of aliphatic hydroxyl groups is 2. The van der Waals surface area contributed by atoms with Crippen LogP contribution in [0.4, 0.5) is 26.3 Å². The molecule has 1 fully saturated rings. The van der Waals surface area contributed by atoms with Crippen LogP contribution in [-0.2, 0) is 31.7 Å². The third kappa shape index (κ3) is 7.69. The van der Waals surface area contributed by atoms with E-state index in [9.17, 15) is 39.9 Å². The van der Waals surface area contributed by atoms with Crippen molar-refractivity contribution in [3.8, 4) is 0 Å². The van der Waals surface area contributed by atoms with E-state index in [0.717, 1.165) is 0 Å². The molecule has 6 nitrogen and oxygen atoms in total. The highest BCUT2D eigenvalue weighted by Gasteiger charge is 2.42. The Kier molecular flexibility index (Phi) is 9.51. The van der Waals surface area contributed by atoms with Crippen LogP contribution in [0.25, 0.3) is 0 Å². The number of benzene rings is 2. The van der Waals surface area contributed by atoms with Crippen LogP contribution in [0.15, 0.2) is 48.5 Å². The summed E-state index contributed by atoms with van der Waals surface area (Å²) in [5.74, 6) is -2.72. The highest BCUT2D eigenvalue weighted by atomic mass is 32.2. The molecule has 2 N–H and O–H groups in total. The molecule has 0 radical (unpaired) electrons. The molecule has 4 unspecified atom stereocenters. The Hall–Kier alpha value is -2.19. The molecule has 0 aliphatic carbocycles. The highest BCUT2D eigenvalue weighted by molar-refractivity contribution is 7.91. The Morgan fingerprint density at radius 1 is 1.03 bits per heavy atom. The fraction of sp³-hybridized carbons (Fsp3) is 0.520. The zero-order valence-electron chi connectivity index (χ0n) is 20.2. The molecule has 5 atom stereocenters. The van der Waals surface area contributed by atoms with Gasteiger partial charge in [-0.2, -0.15) is 26.3 Å². The van der Waals surface area contributed by atoms with Crippen molar-refractivity contribution >= 4 is 9.84 Å². The topological polar surface area (TPSA) is 93.1 Å². The van der Waals surface area contributed by atoms with Gasteiger partial charge in [-0.25, -0.2) is 8.42 Å². The summed E-state index contributed by atoms with van der Waals surface area (Å²) < 4.78 is 116. The Morgan fingerprint density at radius 2 is 1.61 bits per heavy atom. The van der Waals surface area contributed by atoms with Crippen molar-refractivity contribution in [3.63, 3.8) is 0 Å². The van der Waals surface area contributed by atoms with Crippen LogP contribution >= 0.6 is 0 Å². The summed E-state index contributed by atoms with van der Waals surface area (Å²) in [5, 5.41) is 19.9. The number of halogens is 6. The highest BCUT2D eigenvalue weighted by Crippen LogP contribution is 2.42. The Balaban J connectivity index is 1.95. The molecular weight excluding hydrogens is 542 g/mol. The van der Waals surface area contributed by atoms with Crippen LogP contribution in [0, 0.1) is 5.92 Å². The van der Waals surface area contributed by atoms with Crippen LogP contribution in [0.2, 0.25) is 0 Å². The van der Waals surface area contributed by atoms with E-state index in [1.807, 2.05) is 0 Å². The van der Waals surface area contributed by atoms with Gasteiger partial charge in [-0.3, -0.25) is 0 Å². The predicted octanol–water partition coefficient (Wildman–Crippen LogP) is 4.72. The quantitative estimate of drug-likeness (QED) is 0.424. The predicted molar refractivity (Wildman–Crippen MR) is 125 cm³/mol. The van der Waals surface area contributed by atoms with Gasteiger partial charge in [-0.05, 0) is 48.6 Å². The smallest absolute Gasteiger partial charge is 0.395 e. The van der Waals surface area contributed by atoms with Crippen molar-refractivity contribution in [1.29, 1.82) is 0 Å². The third-order valence-electron chi connectivity index (χ3n) is 6.41. The molecule has 0 spiro atoms. The van der Waals surface area contributed by atoms with Gasteiger partial charge < -0.3 is 19.7 Å². The monoisotopic (exact) mass is 570 g/mol. The summed E-state index contributed by atoms with van der Waals surface area (Å²) in [5.41, 5.74) is -2.77. The second kappa shape index (κ2) is 11.9. The lowest BCUT2D eigenvalue weighted by atomic mass is 9.79. The lowest BCUT2D eigenvalue weighted by Crippen LogP contribution is -2.44. The molecule has 2 aromatic carbocycles. The Labute approximate surface area is 216 Å². The summed E-state index contributed by atoms with van der Waals surface area (Å²) in [7, 11) is -3.80. The van der Waals surface area contributed by atoms with Crippen molar-refractivity contribution in [2.75, 3.05) is 24.7 Å². The molecule has 0 amide bonds. The standard InChI is InChI=1S/C25H28F6O6S/c1-15(17-11-18(24(26,27)28)13-19(12-17)25(29,30)31)37-23-22(16-5-3-2-4-6-16)20(7-9-36-23)21(33)14-38(34,35)10-8-32/h2-6,11-13,15,20-23,32-33H,7-10,14H2,1H3/t15-,20?,21?,22?,23?/m1/s1. The largest absolute Gasteiger partial charge is 0.416 e. The first-order chi connectivity index (χ1) is 17.6. The minimum atomic E-state index is -5.03. The Bertz CT molecular complexity index is 1140. The van der Waals surface area contributed by atoms with E-state index >= 15 is 0 Å². The molecule has 2 aromatic rings. The summed E-state index contributed by atoms with van der Waals surface area (Å²) in [6, 6.07) is 9.60. The Morgan fingerprint density at radius 3 is 2.13 bits per heavy atom. The van der Waals surface area contributed by atoms with Gasteiger partial charge in [0.05, 0.1) is 48.1 Å². The van der Waals surface area contributed by atoms with Gasteiger partial charge in [0.15, 0.2) is 16.1 Å². The lowest BCUT2D eigenvalue weighted by molar-refractivity contribution is -0.216. The number of alkyl halides is 6. The molecule has 0 bridgehead atoms. The van der Waals surface area contributed by atoms with Crippen molar-refractivity contribution in [3.05, 3.63) is 70.8 Å². The first kappa shape index (κ1) is 30.4. The number of hydrogen-bond acceptors (Lipinski definition) is 6. The molecule has 0 saturated carbocycles. The maximum Gasteiger partial charge on any atom is 0.416 e. The molecule has 3 rings (SSSR count). The number of hydrogen-bond donors (Lipinski definition) is 2. The molecule has 0 aromatic heterocycles. The molecule has 13 heteroatoms. The third-order valence-corrected chi connectivity index (χ3v) is 8.07. The number of ether oxygens (including phenoxy) is 2. The van der Waals surface area contributed by atoms with Crippen molar-refractivity contribution < 1.29 is 54.4 Å². The van der Waals surface area contributed by atoms with Gasteiger partial charge in [0.1, 0.15) is 0 Å². The van der Waals surface area contributed by atoms with E-state index in [0.29, 0.717) is 17.7 Å². The van der Waals surface area contributed by atoms with Gasteiger partial charge in [0.25, 0.3) is 0 Å². The molecule has 1 heterocycles. The van der Waals surface area contributed by atoms with Gasteiger partial charge in [0, 0.05) is 5.92 Å². The summed E-state index contributed by atoms with van der Waals surface area (Å²) >= 11 is 0. The van der Waals surface area contributed by atoms with E-state index in [1.54, 1.807) is 30.3 Å². The van der Waals surface area contributed by atoms with E-state index in [4.69, 9.17) is 14.6 Å². The van der Waals surface area contributed by atoms with Gasteiger partial charge >= 0.3 is 12.4 Å². The van der Waals surface area contributed by atoms with Crippen LogP contribution in [0.3, 0.4) is 0 Å². The summed E-state index contributed by atoms with van der Waals surface area (Å²) in [4.78, 5) is 0. The molecule has 1 aliphatic heterocycles. The van der Waals surface area contributed by atoms with E-state index in [2.05, 4.69) is 0 Å². The minimum Gasteiger partial charge on any atom is -0.395 e. The van der Waals surface area contributed by atoms with Gasteiger partial charge in [0.2, 0.25) is 0 Å². The van der Waals surface area contributed by atoms with Crippen LogP contribution in [0.1, 0.15) is 47.6 Å².